The monoisotopic (exact) mass is 710 g/mol. The Morgan fingerprint density at radius 2 is 1.39 bits per heavy atom. The number of carbonyl (C=O) groups is 5. The molecular formula is C34H58N6O8S. The van der Waals surface area contributed by atoms with Gasteiger partial charge in [-0.05, 0) is 50.4 Å². The van der Waals surface area contributed by atoms with E-state index in [0.29, 0.717) is 37.0 Å². The predicted octanol–water partition coefficient (Wildman–Crippen LogP) is 1.61. The van der Waals surface area contributed by atoms with Crippen molar-refractivity contribution in [3.8, 4) is 0 Å². The van der Waals surface area contributed by atoms with Crippen molar-refractivity contribution in [1.82, 2.24) is 26.6 Å². The third-order valence-electron chi connectivity index (χ3n) is 8.35. The number of pyridine rings is 1. The molecule has 0 fully saturated rings. The van der Waals surface area contributed by atoms with Crippen molar-refractivity contribution in [2.45, 2.75) is 112 Å². The third kappa shape index (κ3) is 16.0. The van der Waals surface area contributed by atoms with Gasteiger partial charge in [-0.2, -0.15) is 4.73 Å². The molecule has 0 aliphatic heterocycles. The largest absolute Gasteiger partial charge is 0.619 e. The predicted molar refractivity (Wildman–Crippen MR) is 188 cm³/mol. The normalized spacial score (nSPS) is 15.3. The van der Waals surface area contributed by atoms with Crippen molar-refractivity contribution in [3.63, 3.8) is 0 Å². The van der Waals surface area contributed by atoms with Crippen LogP contribution in [0, 0.1) is 28.9 Å². The first-order valence-corrected chi connectivity index (χ1v) is 19.2. The Balaban J connectivity index is 3.14. The molecule has 15 heteroatoms. The van der Waals surface area contributed by atoms with Crippen LogP contribution in [0.15, 0.2) is 24.5 Å². The van der Waals surface area contributed by atoms with Gasteiger partial charge >= 0.3 is 0 Å². The van der Waals surface area contributed by atoms with E-state index in [1.165, 1.54) is 12.1 Å². The molecule has 0 unspecified atom stereocenters. The molecule has 1 aromatic rings. The Bertz CT molecular complexity index is 1350. The van der Waals surface area contributed by atoms with Gasteiger partial charge in [0.15, 0.2) is 12.4 Å². The van der Waals surface area contributed by atoms with Gasteiger partial charge in [0.1, 0.15) is 28.0 Å². The maximum atomic E-state index is 13.7. The first-order valence-electron chi connectivity index (χ1n) is 17.2. The summed E-state index contributed by atoms with van der Waals surface area (Å²) >= 11 is 0. The molecule has 14 nitrogen and oxygen atoms in total. The van der Waals surface area contributed by atoms with Gasteiger partial charge in [-0.15, -0.1) is 0 Å². The number of aromatic nitrogens is 1. The molecule has 5 amide bonds. The highest BCUT2D eigenvalue weighted by molar-refractivity contribution is 7.90. The van der Waals surface area contributed by atoms with Crippen molar-refractivity contribution in [3.05, 3.63) is 35.3 Å². The molecule has 1 heterocycles. The minimum absolute atomic E-state index is 0.118. The Hall–Kier alpha value is -3.75. The minimum atomic E-state index is -3.49. The van der Waals surface area contributed by atoms with Gasteiger partial charge in [0.05, 0.1) is 11.3 Å². The van der Waals surface area contributed by atoms with Crippen molar-refractivity contribution in [2.24, 2.45) is 23.7 Å². The lowest BCUT2D eigenvalue weighted by Gasteiger charge is -2.28. The second-order valence-corrected chi connectivity index (χ2v) is 16.0. The Labute approximate surface area is 291 Å². The van der Waals surface area contributed by atoms with Crippen LogP contribution >= 0.6 is 0 Å². The fourth-order valence-electron chi connectivity index (χ4n) is 5.17. The van der Waals surface area contributed by atoms with Gasteiger partial charge in [-0.3, -0.25) is 24.0 Å². The van der Waals surface area contributed by atoms with Gasteiger partial charge in [0, 0.05) is 36.9 Å². The molecule has 0 bridgehead atoms. The molecule has 0 saturated heterocycles. The van der Waals surface area contributed by atoms with E-state index < -0.39 is 57.6 Å². The molecule has 1 aromatic heterocycles. The van der Waals surface area contributed by atoms with Crippen molar-refractivity contribution < 1.29 is 37.1 Å². The highest BCUT2D eigenvalue weighted by Crippen LogP contribution is 2.17. The number of likely N-dealkylation sites (N-methyl/N-ethyl adjacent to an activating group) is 1. The number of nitrogens with zero attached hydrogens (tertiary/aromatic N) is 1. The van der Waals surface area contributed by atoms with Crippen LogP contribution in [-0.4, -0.2) is 80.7 Å². The third-order valence-corrected chi connectivity index (χ3v) is 9.33. The maximum Gasteiger partial charge on any atom is 0.252 e. The standard InChI is InChI=1S/C34H58N6O8S/c1-10-23(7)29(39-31(42)25-14-17-40(46)18-15-25)34(45)37-27(16-19-49(9,47)48)32(43)36-26(20-21(3)4)13-12-24(8)30(41)38-28(22(5)6)33(44)35-11-2/h14-15,17-18,21-24,26-29H,10-13,16,19-20H2,1-9H3,(H,35,44)(H,36,43)(H,37,45)(H,38,41)(H,39,42)/t23-,24+,26+,27-,28-,29-/m0/s1. The summed E-state index contributed by atoms with van der Waals surface area (Å²) in [4.78, 5) is 65.7. The smallest absolute Gasteiger partial charge is 0.252 e. The molecule has 1 rings (SSSR count). The Morgan fingerprint density at radius 3 is 1.90 bits per heavy atom. The number of hydrogen-bond donors (Lipinski definition) is 5. The molecule has 0 aliphatic carbocycles. The number of hydrogen-bond acceptors (Lipinski definition) is 8. The van der Waals surface area contributed by atoms with Crippen LogP contribution in [-0.2, 0) is 29.0 Å². The van der Waals surface area contributed by atoms with Gasteiger partial charge in [-0.1, -0.05) is 54.9 Å². The lowest BCUT2D eigenvalue weighted by atomic mass is 9.94. The van der Waals surface area contributed by atoms with Crippen LogP contribution in [0.2, 0.25) is 0 Å². The Kier molecular flexibility index (Phi) is 18.3. The topological polar surface area (TPSA) is 207 Å². The van der Waals surface area contributed by atoms with E-state index in [0.717, 1.165) is 18.6 Å². The second kappa shape index (κ2) is 20.7. The highest BCUT2D eigenvalue weighted by Gasteiger charge is 2.32. The summed E-state index contributed by atoms with van der Waals surface area (Å²) in [5.74, 6) is -3.47. The molecule has 0 spiro atoms. The van der Waals surface area contributed by atoms with E-state index in [2.05, 4.69) is 26.6 Å². The maximum absolute atomic E-state index is 13.7. The quantitative estimate of drug-likeness (QED) is 0.0934. The summed E-state index contributed by atoms with van der Waals surface area (Å²) in [5.41, 5.74) is 0.169. The summed E-state index contributed by atoms with van der Waals surface area (Å²) in [6.07, 6.45) is 5.07. The number of amides is 5. The molecule has 0 saturated carbocycles. The van der Waals surface area contributed by atoms with Crippen LogP contribution in [0.1, 0.15) is 97.9 Å². The number of rotatable bonds is 21. The van der Waals surface area contributed by atoms with E-state index in [1.807, 2.05) is 34.6 Å². The number of sulfone groups is 1. The van der Waals surface area contributed by atoms with Gasteiger partial charge < -0.3 is 31.8 Å². The van der Waals surface area contributed by atoms with Crippen molar-refractivity contribution >= 4 is 39.4 Å². The molecule has 5 N–H and O–H groups in total. The molecule has 0 aliphatic rings. The first kappa shape index (κ1) is 43.3. The zero-order valence-electron chi connectivity index (χ0n) is 30.5. The SMILES string of the molecule is CCNC(=O)[C@@H](NC(=O)[C@H](C)CC[C@H](CC(C)C)NC(=O)[C@H](CCS(C)(=O)=O)NC(=O)[C@@H](NC(=O)c1cc[n+]([O-])cc1)[C@@H](C)CC)C(C)C. The van der Waals surface area contributed by atoms with Crippen LogP contribution in [0.3, 0.4) is 0 Å². The van der Waals surface area contributed by atoms with Gasteiger partial charge in [0.25, 0.3) is 5.91 Å². The van der Waals surface area contributed by atoms with Crippen LogP contribution in [0.4, 0.5) is 0 Å². The zero-order chi connectivity index (χ0) is 37.5. The fraction of sp³-hybridized carbons (Fsp3) is 0.706. The summed E-state index contributed by atoms with van der Waals surface area (Å²) in [5, 5.41) is 25.3. The first-order chi connectivity index (χ1) is 22.8. The van der Waals surface area contributed by atoms with E-state index in [1.54, 1.807) is 20.8 Å². The number of carbonyl (C=O) groups excluding carboxylic acids is 5. The highest BCUT2D eigenvalue weighted by atomic mass is 32.2. The van der Waals surface area contributed by atoms with Crippen LogP contribution < -0.4 is 31.3 Å². The summed E-state index contributed by atoms with van der Waals surface area (Å²) in [6, 6.07) is -0.701. The van der Waals surface area contributed by atoms with E-state index in [4.69, 9.17) is 0 Å². The minimum Gasteiger partial charge on any atom is -0.619 e. The molecule has 6 atom stereocenters. The lowest BCUT2D eigenvalue weighted by molar-refractivity contribution is -0.605. The average molecular weight is 711 g/mol. The zero-order valence-corrected chi connectivity index (χ0v) is 31.3. The fourth-order valence-corrected chi connectivity index (χ4v) is 5.83. The van der Waals surface area contributed by atoms with E-state index >= 15 is 0 Å². The van der Waals surface area contributed by atoms with Crippen LogP contribution in [0.25, 0.3) is 0 Å². The summed E-state index contributed by atoms with van der Waals surface area (Å²) < 4.78 is 24.7. The van der Waals surface area contributed by atoms with Crippen molar-refractivity contribution in [2.75, 3.05) is 18.6 Å². The molecule has 49 heavy (non-hydrogen) atoms. The van der Waals surface area contributed by atoms with Crippen LogP contribution in [0.5, 0.6) is 0 Å². The van der Waals surface area contributed by atoms with E-state index in [9.17, 15) is 37.6 Å². The number of nitrogens with one attached hydrogen (secondary N) is 5. The lowest BCUT2D eigenvalue weighted by Crippen LogP contribution is -2.57. The summed E-state index contributed by atoms with van der Waals surface area (Å²) in [6.45, 7) is 15.3. The average Bonchev–Trinajstić information content (AvgIpc) is 3.01. The molecular weight excluding hydrogens is 652 g/mol. The molecule has 278 valence electrons. The van der Waals surface area contributed by atoms with Crippen molar-refractivity contribution in [1.29, 1.82) is 0 Å². The molecule has 0 radical (unpaired) electrons. The second-order valence-electron chi connectivity index (χ2n) is 13.7. The Morgan fingerprint density at radius 1 is 0.776 bits per heavy atom. The molecule has 0 aromatic carbocycles. The van der Waals surface area contributed by atoms with Gasteiger partial charge in [0.2, 0.25) is 23.6 Å². The summed E-state index contributed by atoms with van der Waals surface area (Å²) in [7, 11) is -3.49. The van der Waals surface area contributed by atoms with E-state index in [-0.39, 0.29) is 47.3 Å². The van der Waals surface area contributed by atoms with Gasteiger partial charge in [-0.25, -0.2) is 8.42 Å².